The summed E-state index contributed by atoms with van der Waals surface area (Å²) in [6.07, 6.45) is 4.62. The number of ether oxygens (including phenoxy) is 1. The van der Waals surface area contributed by atoms with Gasteiger partial charge in [0.1, 0.15) is 5.75 Å². The van der Waals surface area contributed by atoms with Crippen molar-refractivity contribution in [3.05, 3.63) is 72.6 Å². The summed E-state index contributed by atoms with van der Waals surface area (Å²) >= 11 is 0. The Bertz CT molecular complexity index is 476. The van der Waals surface area contributed by atoms with E-state index >= 15 is 0 Å². The van der Waals surface area contributed by atoms with Crippen molar-refractivity contribution in [2.75, 3.05) is 6.61 Å². The molecule has 0 aliphatic carbocycles. The molecule has 0 aliphatic heterocycles. The molecule has 2 aromatic rings. The van der Waals surface area contributed by atoms with E-state index < -0.39 is 0 Å². The minimum atomic E-state index is 0.487. The van der Waals surface area contributed by atoms with Crippen LogP contribution >= 0.6 is 0 Å². The molecule has 0 bridgehead atoms. The van der Waals surface area contributed by atoms with Crippen molar-refractivity contribution < 1.29 is 4.74 Å². The SMILES string of the molecule is [CH2]COc1ccccc1CCCCc1ccccc1. The van der Waals surface area contributed by atoms with E-state index in [0.717, 1.165) is 18.6 Å². The van der Waals surface area contributed by atoms with Gasteiger partial charge in [0.2, 0.25) is 0 Å². The van der Waals surface area contributed by atoms with E-state index in [0.29, 0.717) is 6.61 Å². The summed E-state index contributed by atoms with van der Waals surface area (Å²) in [6.45, 7) is 4.22. The van der Waals surface area contributed by atoms with Crippen LogP contribution in [0.15, 0.2) is 54.6 Å². The molecule has 0 spiro atoms. The van der Waals surface area contributed by atoms with Gasteiger partial charge in [0.25, 0.3) is 0 Å². The van der Waals surface area contributed by atoms with Crippen LogP contribution in [0.4, 0.5) is 0 Å². The highest BCUT2D eigenvalue weighted by atomic mass is 16.5. The van der Waals surface area contributed by atoms with Crippen molar-refractivity contribution in [3.63, 3.8) is 0 Å². The van der Waals surface area contributed by atoms with Gasteiger partial charge in [-0.15, -0.1) is 0 Å². The van der Waals surface area contributed by atoms with Crippen molar-refractivity contribution in [3.8, 4) is 5.75 Å². The fourth-order valence-corrected chi connectivity index (χ4v) is 2.25. The fourth-order valence-electron chi connectivity index (χ4n) is 2.25. The minimum absolute atomic E-state index is 0.487. The fraction of sp³-hybridized carbons (Fsp3) is 0.278. The highest BCUT2D eigenvalue weighted by Crippen LogP contribution is 2.20. The molecule has 0 N–H and O–H groups in total. The van der Waals surface area contributed by atoms with Gasteiger partial charge in [-0.05, 0) is 49.8 Å². The number of rotatable bonds is 7. The van der Waals surface area contributed by atoms with Crippen LogP contribution in [-0.4, -0.2) is 6.61 Å². The molecule has 0 aromatic heterocycles. The van der Waals surface area contributed by atoms with Gasteiger partial charge in [-0.3, -0.25) is 0 Å². The first kappa shape index (κ1) is 13.7. The first-order chi connectivity index (χ1) is 9.40. The standard InChI is InChI=1S/C18H21O/c1-2-19-18-15-9-8-14-17(18)13-7-6-12-16-10-4-3-5-11-16/h3-5,8-11,14-15H,1-2,6-7,12-13H2. The molecular weight excluding hydrogens is 232 g/mol. The van der Waals surface area contributed by atoms with Crippen LogP contribution in [0.1, 0.15) is 24.0 Å². The van der Waals surface area contributed by atoms with Crippen LogP contribution in [0, 0.1) is 6.92 Å². The topological polar surface area (TPSA) is 9.23 Å². The zero-order valence-electron chi connectivity index (χ0n) is 11.3. The summed E-state index contributed by atoms with van der Waals surface area (Å²) in [5.41, 5.74) is 2.71. The predicted octanol–water partition coefficient (Wildman–Crippen LogP) is 4.46. The summed E-state index contributed by atoms with van der Waals surface area (Å²) in [6, 6.07) is 18.9. The van der Waals surface area contributed by atoms with E-state index in [9.17, 15) is 0 Å². The van der Waals surface area contributed by atoms with E-state index in [4.69, 9.17) is 4.74 Å². The number of benzene rings is 2. The molecule has 1 radical (unpaired) electrons. The van der Waals surface area contributed by atoms with Crippen LogP contribution in [-0.2, 0) is 12.8 Å². The Hall–Kier alpha value is -1.76. The third-order valence-electron chi connectivity index (χ3n) is 3.23. The second-order valence-electron chi connectivity index (χ2n) is 4.65. The lowest BCUT2D eigenvalue weighted by molar-refractivity contribution is 0.356. The van der Waals surface area contributed by atoms with Gasteiger partial charge >= 0.3 is 0 Å². The van der Waals surface area contributed by atoms with Gasteiger partial charge < -0.3 is 4.74 Å². The highest BCUT2D eigenvalue weighted by Gasteiger charge is 2.02. The molecule has 0 saturated carbocycles. The van der Waals surface area contributed by atoms with Crippen LogP contribution in [0.25, 0.3) is 0 Å². The van der Waals surface area contributed by atoms with E-state index in [1.54, 1.807) is 0 Å². The lowest BCUT2D eigenvalue weighted by atomic mass is 10.0. The maximum atomic E-state index is 5.54. The summed E-state index contributed by atoms with van der Waals surface area (Å²) in [5.74, 6) is 0.984. The number of hydrogen-bond donors (Lipinski definition) is 0. The summed E-state index contributed by atoms with van der Waals surface area (Å²) in [5, 5.41) is 0. The third kappa shape index (κ3) is 4.44. The number of aryl methyl sites for hydroxylation is 2. The van der Waals surface area contributed by atoms with Gasteiger partial charge in [-0.1, -0.05) is 48.5 Å². The maximum Gasteiger partial charge on any atom is 0.122 e. The van der Waals surface area contributed by atoms with Gasteiger partial charge in [0, 0.05) is 0 Å². The number of para-hydroxylation sites is 1. The second-order valence-corrected chi connectivity index (χ2v) is 4.65. The van der Waals surface area contributed by atoms with Gasteiger partial charge in [0.15, 0.2) is 0 Å². The van der Waals surface area contributed by atoms with Gasteiger partial charge in [0.05, 0.1) is 6.61 Å². The normalized spacial score (nSPS) is 10.4. The first-order valence-electron chi connectivity index (χ1n) is 6.94. The zero-order chi connectivity index (χ0) is 13.3. The average molecular weight is 253 g/mol. The number of unbranched alkanes of at least 4 members (excludes halogenated alkanes) is 1. The molecule has 1 nitrogen and oxygen atoms in total. The quantitative estimate of drug-likeness (QED) is 0.662. The summed E-state index contributed by atoms with van der Waals surface area (Å²) in [4.78, 5) is 0. The van der Waals surface area contributed by atoms with Crippen LogP contribution in [0.3, 0.4) is 0 Å². The van der Waals surface area contributed by atoms with Crippen molar-refractivity contribution >= 4 is 0 Å². The van der Waals surface area contributed by atoms with E-state index in [1.165, 1.54) is 24.0 Å². The van der Waals surface area contributed by atoms with Crippen molar-refractivity contribution in [1.82, 2.24) is 0 Å². The molecule has 19 heavy (non-hydrogen) atoms. The first-order valence-corrected chi connectivity index (χ1v) is 6.94. The molecule has 0 heterocycles. The van der Waals surface area contributed by atoms with Crippen LogP contribution in [0.5, 0.6) is 5.75 Å². The van der Waals surface area contributed by atoms with Gasteiger partial charge in [-0.2, -0.15) is 0 Å². The van der Waals surface area contributed by atoms with Crippen LogP contribution < -0.4 is 4.74 Å². The van der Waals surface area contributed by atoms with Crippen molar-refractivity contribution in [2.24, 2.45) is 0 Å². The Balaban J connectivity index is 1.79. The zero-order valence-corrected chi connectivity index (χ0v) is 11.3. The predicted molar refractivity (Wildman–Crippen MR) is 80.4 cm³/mol. The molecule has 99 valence electrons. The average Bonchev–Trinajstić information content (AvgIpc) is 2.47. The summed E-state index contributed by atoms with van der Waals surface area (Å²) < 4.78 is 5.54. The van der Waals surface area contributed by atoms with E-state index in [1.807, 2.05) is 12.1 Å². The molecule has 0 atom stereocenters. The largest absolute Gasteiger partial charge is 0.493 e. The van der Waals surface area contributed by atoms with E-state index in [-0.39, 0.29) is 0 Å². The Morgan fingerprint density at radius 1 is 0.789 bits per heavy atom. The summed E-state index contributed by atoms with van der Waals surface area (Å²) in [7, 11) is 0. The smallest absolute Gasteiger partial charge is 0.122 e. The molecule has 1 heteroatoms. The Kier molecular flexibility index (Phi) is 5.49. The Morgan fingerprint density at radius 2 is 1.47 bits per heavy atom. The minimum Gasteiger partial charge on any atom is -0.493 e. The second kappa shape index (κ2) is 7.63. The molecule has 0 amide bonds. The lowest BCUT2D eigenvalue weighted by Gasteiger charge is -2.09. The molecule has 0 aliphatic rings. The van der Waals surface area contributed by atoms with E-state index in [2.05, 4.69) is 49.4 Å². The highest BCUT2D eigenvalue weighted by molar-refractivity contribution is 5.33. The maximum absolute atomic E-state index is 5.54. The molecule has 0 fully saturated rings. The lowest BCUT2D eigenvalue weighted by Crippen LogP contribution is -1.97. The Labute approximate surface area is 116 Å². The molecule has 0 unspecified atom stereocenters. The molecule has 2 aromatic carbocycles. The van der Waals surface area contributed by atoms with Crippen molar-refractivity contribution in [2.45, 2.75) is 25.7 Å². The number of hydrogen-bond acceptors (Lipinski definition) is 1. The molecule has 2 rings (SSSR count). The molecular formula is C18H21O. The Morgan fingerprint density at radius 3 is 2.26 bits per heavy atom. The van der Waals surface area contributed by atoms with Crippen LogP contribution in [0.2, 0.25) is 0 Å². The van der Waals surface area contributed by atoms with Crippen molar-refractivity contribution in [1.29, 1.82) is 0 Å². The van der Waals surface area contributed by atoms with Gasteiger partial charge in [-0.25, -0.2) is 0 Å². The molecule has 0 saturated heterocycles. The third-order valence-corrected chi connectivity index (χ3v) is 3.23. The monoisotopic (exact) mass is 253 g/mol.